The molecule has 2 aromatic carbocycles. The first-order valence-electron chi connectivity index (χ1n) is 7.61. The van der Waals surface area contributed by atoms with Gasteiger partial charge in [-0.15, -0.1) is 0 Å². The van der Waals surface area contributed by atoms with Gasteiger partial charge in [0.25, 0.3) is 0 Å². The molecule has 0 saturated carbocycles. The molecule has 0 bridgehead atoms. The number of fused-ring (bicyclic) bond motifs is 1. The van der Waals surface area contributed by atoms with Crippen molar-refractivity contribution in [3.05, 3.63) is 65.9 Å². The maximum atomic E-state index is 11.8. The molecule has 24 heavy (non-hydrogen) atoms. The SMILES string of the molecule is CCS(=O)(=O)c1ccc(Cn2ccc3cc(C(N)=O)ccc32)cc1. The Labute approximate surface area is 140 Å². The number of benzene rings is 2. The van der Waals surface area contributed by atoms with E-state index in [-0.39, 0.29) is 5.75 Å². The molecule has 0 atom stereocenters. The lowest BCUT2D eigenvalue weighted by Gasteiger charge is -2.08. The summed E-state index contributed by atoms with van der Waals surface area (Å²) < 4.78 is 25.7. The van der Waals surface area contributed by atoms with E-state index in [1.165, 1.54) is 0 Å². The number of rotatable bonds is 5. The highest BCUT2D eigenvalue weighted by molar-refractivity contribution is 7.91. The van der Waals surface area contributed by atoms with Crippen molar-refractivity contribution in [1.82, 2.24) is 4.57 Å². The molecule has 1 aromatic heterocycles. The fourth-order valence-corrected chi connectivity index (χ4v) is 3.54. The standard InChI is InChI=1S/C18H18N2O3S/c1-2-24(22,23)16-6-3-13(4-7-16)12-20-10-9-14-11-15(18(19)21)5-8-17(14)20/h3-11H,2,12H2,1H3,(H2,19,21). The minimum absolute atomic E-state index is 0.0940. The van der Waals surface area contributed by atoms with Crippen LogP contribution in [0.4, 0.5) is 0 Å². The normalized spacial score (nSPS) is 11.7. The fraction of sp³-hybridized carbons (Fsp3) is 0.167. The molecule has 0 aliphatic rings. The molecule has 0 spiro atoms. The molecule has 0 aliphatic heterocycles. The third kappa shape index (κ3) is 3.05. The number of primary amides is 1. The number of nitrogens with zero attached hydrogens (tertiary/aromatic N) is 1. The fourth-order valence-electron chi connectivity index (χ4n) is 2.66. The molecule has 124 valence electrons. The molecule has 5 nitrogen and oxygen atoms in total. The highest BCUT2D eigenvalue weighted by Gasteiger charge is 2.11. The van der Waals surface area contributed by atoms with Gasteiger partial charge >= 0.3 is 0 Å². The van der Waals surface area contributed by atoms with Crippen LogP contribution in [-0.4, -0.2) is 24.6 Å². The maximum Gasteiger partial charge on any atom is 0.248 e. The Balaban J connectivity index is 1.89. The Hall–Kier alpha value is -2.60. The average Bonchev–Trinajstić information content (AvgIpc) is 2.97. The van der Waals surface area contributed by atoms with Crippen LogP contribution in [0, 0.1) is 0 Å². The van der Waals surface area contributed by atoms with Gasteiger partial charge in [-0.05, 0) is 42.0 Å². The number of nitrogens with two attached hydrogens (primary N) is 1. The van der Waals surface area contributed by atoms with E-state index in [9.17, 15) is 13.2 Å². The van der Waals surface area contributed by atoms with E-state index in [2.05, 4.69) is 0 Å². The Bertz CT molecular complexity index is 1000. The van der Waals surface area contributed by atoms with Crippen LogP contribution in [0.2, 0.25) is 0 Å². The summed E-state index contributed by atoms with van der Waals surface area (Å²) in [6.07, 6.45) is 1.94. The summed E-state index contributed by atoms with van der Waals surface area (Å²) in [6.45, 7) is 2.25. The molecule has 0 aliphatic carbocycles. The molecular weight excluding hydrogens is 324 g/mol. The maximum absolute atomic E-state index is 11.8. The van der Waals surface area contributed by atoms with Gasteiger partial charge in [-0.25, -0.2) is 8.42 Å². The number of hydrogen-bond donors (Lipinski definition) is 1. The summed E-state index contributed by atoms with van der Waals surface area (Å²) in [6, 6.07) is 14.2. The van der Waals surface area contributed by atoms with Crippen LogP contribution in [0.1, 0.15) is 22.8 Å². The van der Waals surface area contributed by atoms with Gasteiger partial charge in [0.2, 0.25) is 5.91 Å². The predicted octanol–water partition coefficient (Wildman–Crippen LogP) is 2.58. The van der Waals surface area contributed by atoms with Crippen LogP contribution in [0.25, 0.3) is 10.9 Å². The highest BCUT2D eigenvalue weighted by atomic mass is 32.2. The van der Waals surface area contributed by atoms with Gasteiger partial charge in [0.05, 0.1) is 10.6 Å². The molecule has 1 amide bonds. The molecule has 0 unspecified atom stereocenters. The van der Waals surface area contributed by atoms with Crippen molar-refractivity contribution in [3.8, 4) is 0 Å². The van der Waals surface area contributed by atoms with Crippen molar-refractivity contribution < 1.29 is 13.2 Å². The number of carbonyl (C=O) groups is 1. The summed E-state index contributed by atoms with van der Waals surface area (Å²) in [7, 11) is -3.18. The molecule has 0 fully saturated rings. The number of carbonyl (C=O) groups excluding carboxylic acids is 1. The van der Waals surface area contributed by atoms with Crippen LogP contribution in [0.5, 0.6) is 0 Å². The highest BCUT2D eigenvalue weighted by Crippen LogP contribution is 2.20. The summed E-state index contributed by atoms with van der Waals surface area (Å²) in [5.41, 5.74) is 7.77. The van der Waals surface area contributed by atoms with E-state index in [1.807, 2.05) is 35.0 Å². The number of amides is 1. The van der Waals surface area contributed by atoms with Crippen LogP contribution in [-0.2, 0) is 16.4 Å². The Kier molecular flexibility index (Phi) is 4.15. The van der Waals surface area contributed by atoms with E-state index in [1.54, 1.807) is 31.2 Å². The van der Waals surface area contributed by atoms with Crippen molar-refractivity contribution in [2.75, 3.05) is 5.75 Å². The predicted molar refractivity (Wildman–Crippen MR) is 93.7 cm³/mol. The zero-order chi connectivity index (χ0) is 17.3. The first-order valence-corrected chi connectivity index (χ1v) is 9.26. The first kappa shape index (κ1) is 16.3. The second-order valence-electron chi connectivity index (χ2n) is 5.63. The molecular formula is C18H18N2O3S. The average molecular weight is 342 g/mol. The lowest BCUT2D eigenvalue weighted by Crippen LogP contribution is -2.10. The third-order valence-electron chi connectivity index (χ3n) is 4.07. The second kappa shape index (κ2) is 6.13. The van der Waals surface area contributed by atoms with Crippen LogP contribution in [0.3, 0.4) is 0 Å². The minimum Gasteiger partial charge on any atom is -0.366 e. The Morgan fingerprint density at radius 2 is 1.79 bits per heavy atom. The zero-order valence-electron chi connectivity index (χ0n) is 13.3. The lowest BCUT2D eigenvalue weighted by molar-refractivity contribution is 0.100. The van der Waals surface area contributed by atoms with Crippen molar-refractivity contribution in [2.45, 2.75) is 18.4 Å². The molecule has 3 aromatic rings. The molecule has 3 rings (SSSR count). The summed E-state index contributed by atoms with van der Waals surface area (Å²) in [5.74, 6) is -0.353. The first-order chi connectivity index (χ1) is 11.4. The molecule has 0 radical (unpaired) electrons. The van der Waals surface area contributed by atoms with E-state index >= 15 is 0 Å². The largest absolute Gasteiger partial charge is 0.366 e. The molecule has 1 heterocycles. The summed E-state index contributed by atoms with van der Waals surface area (Å²) >= 11 is 0. The Morgan fingerprint density at radius 3 is 2.42 bits per heavy atom. The van der Waals surface area contributed by atoms with Gasteiger partial charge in [0.1, 0.15) is 0 Å². The third-order valence-corrected chi connectivity index (χ3v) is 5.82. The van der Waals surface area contributed by atoms with E-state index in [4.69, 9.17) is 5.73 Å². The quantitative estimate of drug-likeness (QED) is 0.773. The van der Waals surface area contributed by atoms with Crippen LogP contribution >= 0.6 is 0 Å². The zero-order valence-corrected chi connectivity index (χ0v) is 14.1. The van der Waals surface area contributed by atoms with Crippen molar-refractivity contribution in [2.24, 2.45) is 5.73 Å². The number of hydrogen-bond acceptors (Lipinski definition) is 3. The summed E-state index contributed by atoms with van der Waals surface area (Å²) in [4.78, 5) is 11.6. The number of sulfone groups is 1. The van der Waals surface area contributed by atoms with Crippen LogP contribution < -0.4 is 5.73 Å². The smallest absolute Gasteiger partial charge is 0.248 e. The van der Waals surface area contributed by atoms with E-state index in [0.29, 0.717) is 17.0 Å². The van der Waals surface area contributed by atoms with Gasteiger partial charge in [-0.2, -0.15) is 0 Å². The van der Waals surface area contributed by atoms with Crippen molar-refractivity contribution in [1.29, 1.82) is 0 Å². The summed E-state index contributed by atoms with van der Waals surface area (Å²) in [5, 5.41) is 0.941. The van der Waals surface area contributed by atoms with Gasteiger partial charge in [-0.1, -0.05) is 19.1 Å². The van der Waals surface area contributed by atoms with Gasteiger partial charge in [0, 0.05) is 29.2 Å². The van der Waals surface area contributed by atoms with Crippen molar-refractivity contribution >= 4 is 26.6 Å². The van der Waals surface area contributed by atoms with Crippen LogP contribution in [0.15, 0.2) is 59.6 Å². The molecule has 6 heteroatoms. The van der Waals surface area contributed by atoms with Gasteiger partial charge in [-0.3, -0.25) is 4.79 Å². The minimum atomic E-state index is -3.18. The Morgan fingerprint density at radius 1 is 1.08 bits per heavy atom. The molecule has 2 N–H and O–H groups in total. The lowest BCUT2D eigenvalue weighted by atomic mass is 10.1. The van der Waals surface area contributed by atoms with Crippen molar-refractivity contribution in [3.63, 3.8) is 0 Å². The second-order valence-corrected chi connectivity index (χ2v) is 7.91. The van der Waals surface area contributed by atoms with E-state index < -0.39 is 15.7 Å². The van der Waals surface area contributed by atoms with Gasteiger partial charge in [0.15, 0.2) is 9.84 Å². The number of aromatic nitrogens is 1. The monoisotopic (exact) mass is 342 g/mol. The molecule has 0 saturated heterocycles. The van der Waals surface area contributed by atoms with E-state index in [0.717, 1.165) is 16.5 Å². The topological polar surface area (TPSA) is 82.2 Å². The van der Waals surface area contributed by atoms with Gasteiger partial charge < -0.3 is 10.3 Å².